The first-order valence-electron chi connectivity index (χ1n) is 6.47. The lowest BCUT2D eigenvalue weighted by Gasteiger charge is -2.22. The molecule has 7 heteroatoms. The summed E-state index contributed by atoms with van der Waals surface area (Å²) in [6.45, 7) is 10.8. The number of nitrogens with one attached hydrogen (secondary N) is 1. The molecular formula is C13H21N3O3S. The first kappa shape index (κ1) is 16.6. The standard InChI is InChI=1S/C13H21N3O3S/c1-7(2)9-10(20-16-15-9)11(17)14-8(3)12(18)19-13(4,5)6/h7-8H,1-6H3,(H,14,17)/t8-/m0/s1. The van der Waals surface area contributed by atoms with E-state index in [0.717, 1.165) is 11.5 Å². The molecule has 1 aromatic heterocycles. The summed E-state index contributed by atoms with van der Waals surface area (Å²) in [4.78, 5) is 24.4. The van der Waals surface area contributed by atoms with Gasteiger partial charge in [0.2, 0.25) is 0 Å². The van der Waals surface area contributed by atoms with E-state index in [4.69, 9.17) is 4.74 Å². The molecule has 0 spiro atoms. The molecule has 1 amide bonds. The maximum absolute atomic E-state index is 12.1. The van der Waals surface area contributed by atoms with Gasteiger partial charge in [-0.2, -0.15) is 0 Å². The van der Waals surface area contributed by atoms with Crippen LogP contribution in [0.5, 0.6) is 0 Å². The second-order valence-corrected chi connectivity index (χ2v) is 6.62. The zero-order valence-electron chi connectivity index (χ0n) is 12.7. The van der Waals surface area contributed by atoms with Crippen molar-refractivity contribution in [3.63, 3.8) is 0 Å². The molecule has 1 heterocycles. The number of hydrogen-bond acceptors (Lipinski definition) is 6. The van der Waals surface area contributed by atoms with Crippen LogP contribution in [0.1, 0.15) is 62.8 Å². The molecule has 6 nitrogen and oxygen atoms in total. The molecule has 1 atom stereocenters. The van der Waals surface area contributed by atoms with Crippen molar-refractivity contribution in [1.29, 1.82) is 0 Å². The van der Waals surface area contributed by atoms with Gasteiger partial charge in [0, 0.05) is 0 Å². The van der Waals surface area contributed by atoms with Crippen molar-refractivity contribution < 1.29 is 14.3 Å². The maximum atomic E-state index is 12.1. The van der Waals surface area contributed by atoms with E-state index in [1.807, 2.05) is 13.8 Å². The Morgan fingerprint density at radius 3 is 2.35 bits per heavy atom. The number of nitrogens with zero attached hydrogens (tertiary/aromatic N) is 2. The number of rotatable bonds is 4. The van der Waals surface area contributed by atoms with E-state index in [0.29, 0.717) is 10.6 Å². The first-order valence-corrected chi connectivity index (χ1v) is 7.25. The van der Waals surface area contributed by atoms with Crippen LogP contribution in [0, 0.1) is 0 Å². The highest BCUT2D eigenvalue weighted by Crippen LogP contribution is 2.19. The summed E-state index contributed by atoms with van der Waals surface area (Å²) in [6, 6.07) is -0.719. The topological polar surface area (TPSA) is 81.2 Å². The highest BCUT2D eigenvalue weighted by Gasteiger charge is 2.25. The van der Waals surface area contributed by atoms with E-state index in [1.165, 1.54) is 0 Å². The van der Waals surface area contributed by atoms with Gasteiger partial charge in [0.15, 0.2) is 0 Å². The van der Waals surface area contributed by atoms with Gasteiger partial charge in [-0.1, -0.05) is 18.3 Å². The van der Waals surface area contributed by atoms with Crippen molar-refractivity contribution in [3.8, 4) is 0 Å². The third-order valence-electron chi connectivity index (χ3n) is 2.37. The molecule has 1 rings (SSSR count). The van der Waals surface area contributed by atoms with Crippen LogP contribution in [0.25, 0.3) is 0 Å². The summed E-state index contributed by atoms with van der Waals surface area (Å²) in [5.74, 6) is -0.706. The van der Waals surface area contributed by atoms with Gasteiger partial charge in [-0.15, -0.1) is 5.10 Å². The lowest BCUT2D eigenvalue weighted by molar-refractivity contribution is -0.156. The largest absolute Gasteiger partial charge is 0.458 e. The van der Waals surface area contributed by atoms with Gasteiger partial charge in [-0.05, 0) is 45.1 Å². The van der Waals surface area contributed by atoms with Gasteiger partial charge in [-0.25, -0.2) is 4.79 Å². The minimum absolute atomic E-state index is 0.103. The number of carbonyl (C=O) groups excluding carboxylic acids is 2. The van der Waals surface area contributed by atoms with Crippen LogP contribution in [0.3, 0.4) is 0 Å². The fourth-order valence-corrected chi connectivity index (χ4v) is 2.17. The summed E-state index contributed by atoms with van der Waals surface area (Å²) >= 11 is 1.03. The van der Waals surface area contributed by atoms with Crippen molar-refractivity contribution in [1.82, 2.24) is 14.9 Å². The molecule has 1 N–H and O–H groups in total. The monoisotopic (exact) mass is 299 g/mol. The van der Waals surface area contributed by atoms with E-state index in [1.54, 1.807) is 27.7 Å². The Balaban J connectivity index is 2.71. The SMILES string of the molecule is CC(C)c1nnsc1C(=O)N[C@@H](C)C(=O)OC(C)(C)C. The smallest absolute Gasteiger partial charge is 0.328 e. The van der Waals surface area contributed by atoms with Gasteiger partial charge in [0.05, 0.1) is 5.69 Å². The third kappa shape index (κ3) is 4.56. The normalized spacial score (nSPS) is 13.2. The third-order valence-corrected chi connectivity index (χ3v) is 3.11. The molecule has 0 radical (unpaired) electrons. The van der Waals surface area contributed by atoms with Crippen LogP contribution in [0.2, 0.25) is 0 Å². The fourth-order valence-electron chi connectivity index (χ4n) is 1.44. The van der Waals surface area contributed by atoms with Crippen LogP contribution in [-0.2, 0) is 9.53 Å². The average molecular weight is 299 g/mol. The summed E-state index contributed by atoms with van der Waals surface area (Å²) in [5, 5.41) is 6.56. The predicted molar refractivity (Wildman–Crippen MR) is 76.8 cm³/mol. The van der Waals surface area contributed by atoms with Crippen molar-refractivity contribution in [2.75, 3.05) is 0 Å². The molecule has 1 aromatic rings. The van der Waals surface area contributed by atoms with Crippen molar-refractivity contribution >= 4 is 23.4 Å². The minimum Gasteiger partial charge on any atom is -0.458 e. The minimum atomic E-state index is -0.719. The molecular weight excluding hydrogens is 278 g/mol. The predicted octanol–water partition coefficient (Wildman–Crippen LogP) is 2.12. The van der Waals surface area contributed by atoms with Crippen molar-refractivity contribution in [3.05, 3.63) is 10.6 Å². The maximum Gasteiger partial charge on any atom is 0.328 e. The molecule has 0 unspecified atom stereocenters. The van der Waals surface area contributed by atoms with E-state index in [2.05, 4.69) is 14.9 Å². The van der Waals surface area contributed by atoms with E-state index >= 15 is 0 Å². The lowest BCUT2D eigenvalue weighted by atomic mass is 10.1. The fraction of sp³-hybridized carbons (Fsp3) is 0.692. The number of carbonyl (C=O) groups is 2. The highest BCUT2D eigenvalue weighted by molar-refractivity contribution is 7.08. The number of hydrogen-bond donors (Lipinski definition) is 1. The van der Waals surface area contributed by atoms with E-state index < -0.39 is 17.6 Å². The molecule has 0 aromatic carbocycles. The molecule has 0 aliphatic carbocycles. The summed E-state index contributed by atoms with van der Waals surface area (Å²) < 4.78 is 9.00. The molecule has 0 saturated heterocycles. The average Bonchev–Trinajstić information content (AvgIpc) is 2.75. The Labute approximate surface area is 123 Å². The zero-order chi connectivity index (χ0) is 15.5. The number of esters is 1. The summed E-state index contributed by atoms with van der Waals surface area (Å²) in [6.07, 6.45) is 0. The number of aromatic nitrogens is 2. The quantitative estimate of drug-likeness (QED) is 0.861. The lowest BCUT2D eigenvalue weighted by Crippen LogP contribution is -2.42. The van der Waals surface area contributed by atoms with Gasteiger partial charge in [0.25, 0.3) is 5.91 Å². The molecule has 20 heavy (non-hydrogen) atoms. The Hall–Kier alpha value is -1.50. The number of amides is 1. The zero-order valence-corrected chi connectivity index (χ0v) is 13.5. The molecule has 0 aliphatic heterocycles. The van der Waals surface area contributed by atoms with Crippen LogP contribution in [0.4, 0.5) is 0 Å². The van der Waals surface area contributed by atoms with Crippen LogP contribution >= 0.6 is 11.5 Å². The Kier molecular flexibility index (Phi) is 5.21. The Morgan fingerprint density at radius 2 is 1.85 bits per heavy atom. The van der Waals surface area contributed by atoms with Gasteiger partial charge in [-0.3, -0.25) is 4.79 Å². The van der Waals surface area contributed by atoms with Gasteiger partial charge in [0.1, 0.15) is 16.5 Å². The molecule has 0 fully saturated rings. The Bertz CT molecular complexity index is 491. The summed E-state index contributed by atoms with van der Waals surface area (Å²) in [5.41, 5.74) is 0.0643. The highest BCUT2D eigenvalue weighted by atomic mass is 32.1. The van der Waals surface area contributed by atoms with Crippen LogP contribution in [0.15, 0.2) is 0 Å². The summed E-state index contributed by atoms with van der Waals surface area (Å²) in [7, 11) is 0. The van der Waals surface area contributed by atoms with Crippen LogP contribution in [-0.4, -0.2) is 33.1 Å². The second-order valence-electron chi connectivity index (χ2n) is 5.87. The van der Waals surface area contributed by atoms with Gasteiger partial charge < -0.3 is 10.1 Å². The number of ether oxygens (including phenoxy) is 1. The van der Waals surface area contributed by atoms with Gasteiger partial charge >= 0.3 is 5.97 Å². The van der Waals surface area contributed by atoms with E-state index in [-0.39, 0.29) is 11.8 Å². The molecule has 0 aliphatic rings. The molecule has 0 bridgehead atoms. The molecule has 0 saturated carbocycles. The van der Waals surface area contributed by atoms with Crippen molar-refractivity contribution in [2.24, 2.45) is 0 Å². The molecule has 112 valence electrons. The van der Waals surface area contributed by atoms with E-state index in [9.17, 15) is 9.59 Å². The first-order chi connectivity index (χ1) is 9.11. The van der Waals surface area contributed by atoms with Crippen LogP contribution < -0.4 is 5.32 Å². The van der Waals surface area contributed by atoms with Crippen molar-refractivity contribution in [2.45, 2.75) is 59.1 Å². The second kappa shape index (κ2) is 6.30. The Morgan fingerprint density at radius 1 is 1.25 bits per heavy atom.